The van der Waals surface area contributed by atoms with Crippen molar-refractivity contribution in [1.82, 2.24) is 0 Å². The molecular weight excluding hydrogens is 263 g/mol. The normalized spacial score (nSPS) is 34.9. The van der Waals surface area contributed by atoms with Crippen LogP contribution in [-0.2, 0) is 6.18 Å². The van der Waals surface area contributed by atoms with Crippen LogP contribution in [0.3, 0.4) is 0 Å². The first-order valence-corrected chi connectivity index (χ1v) is 7.13. The molecule has 3 aliphatic rings. The van der Waals surface area contributed by atoms with E-state index in [0.29, 0.717) is 23.7 Å². The van der Waals surface area contributed by atoms with E-state index in [0.717, 1.165) is 18.8 Å². The van der Waals surface area contributed by atoms with Crippen molar-refractivity contribution in [3.8, 4) is 0 Å². The van der Waals surface area contributed by atoms with Crippen molar-refractivity contribution in [3.05, 3.63) is 42.0 Å². The van der Waals surface area contributed by atoms with Gasteiger partial charge in [0.05, 0.1) is 5.56 Å². The quantitative estimate of drug-likeness (QED) is 0.703. The van der Waals surface area contributed by atoms with E-state index in [4.69, 9.17) is 0 Å². The highest BCUT2D eigenvalue weighted by molar-refractivity contribution is 5.50. The van der Waals surface area contributed by atoms with Crippen LogP contribution in [-0.4, -0.2) is 13.1 Å². The average Bonchev–Trinajstić information content (AvgIpc) is 3.10. The Labute approximate surface area is 116 Å². The van der Waals surface area contributed by atoms with E-state index < -0.39 is 11.7 Å². The van der Waals surface area contributed by atoms with Gasteiger partial charge >= 0.3 is 6.18 Å². The maximum atomic E-state index is 12.6. The molecule has 0 spiro atoms. The first-order chi connectivity index (χ1) is 9.52. The first-order valence-electron chi connectivity index (χ1n) is 7.13. The van der Waals surface area contributed by atoms with Gasteiger partial charge in [-0.2, -0.15) is 13.2 Å². The van der Waals surface area contributed by atoms with Crippen molar-refractivity contribution in [3.63, 3.8) is 0 Å². The maximum absolute atomic E-state index is 12.6. The van der Waals surface area contributed by atoms with Crippen LogP contribution in [0.25, 0.3) is 0 Å². The van der Waals surface area contributed by atoms with E-state index in [1.165, 1.54) is 18.6 Å². The van der Waals surface area contributed by atoms with Crippen LogP contribution in [0.1, 0.15) is 12.0 Å². The van der Waals surface area contributed by atoms with Gasteiger partial charge in [0.2, 0.25) is 0 Å². The van der Waals surface area contributed by atoms with Gasteiger partial charge < -0.3 is 4.90 Å². The number of rotatable bonds is 1. The van der Waals surface area contributed by atoms with Crippen molar-refractivity contribution in [1.29, 1.82) is 0 Å². The summed E-state index contributed by atoms with van der Waals surface area (Å²) < 4.78 is 37.7. The molecule has 1 saturated heterocycles. The summed E-state index contributed by atoms with van der Waals surface area (Å²) in [5.74, 6) is 2.80. The lowest BCUT2D eigenvalue weighted by Crippen LogP contribution is -2.22. The number of benzene rings is 1. The summed E-state index contributed by atoms with van der Waals surface area (Å²) in [6.07, 6.45) is 1.71. The number of hydrogen-bond acceptors (Lipinski definition) is 1. The van der Waals surface area contributed by atoms with Crippen molar-refractivity contribution >= 4 is 5.69 Å². The van der Waals surface area contributed by atoms with Crippen LogP contribution in [0.4, 0.5) is 18.9 Å². The molecule has 4 rings (SSSR count). The van der Waals surface area contributed by atoms with Gasteiger partial charge in [0.15, 0.2) is 0 Å². The van der Waals surface area contributed by atoms with Gasteiger partial charge in [0.25, 0.3) is 0 Å². The van der Waals surface area contributed by atoms with Crippen molar-refractivity contribution in [2.24, 2.45) is 23.7 Å². The summed E-state index contributed by atoms with van der Waals surface area (Å²) in [5, 5.41) is 0. The van der Waals surface area contributed by atoms with Gasteiger partial charge in [0.1, 0.15) is 0 Å². The Morgan fingerprint density at radius 1 is 0.900 bits per heavy atom. The van der Waals surface area contributed by atoms with Gasteiger partial charge in [-0.1, -0.05) is 12.2 Å². The maximum Gasteiger partial charge on any atom is 0.416 e. The lowest BCUT2D eigenvalue weighted by Gasteiger charge is -2.21. The number of fused-ring (bicyclic) bond motifs is 5. The fourth-order valence-corrected chi connectivity index (χ4v) is 4.22. The molecule has 1 saturated carbocycles. The summed E-state index contributed by atoms with van der Waals surface area (Å²) in [4.78, 5) is 2.25. The SMILES string of the molecule is FC(F)(F)c1ccc(N2C[C@@H]3[C@H](C2)[C@@H]2C=C[C@H]3C2)cc1. The summed E-state index contributed by atoms with van der Waals surface area (Å²) >= 11 is 0. The zero-order chi connectivity index (χ0) is 13.9. The second-order valence-corrected chi connectivity index (χ2v) is 6.23. The monoisotopic (exact) mass is 279 g/mol. The van der Waals surface area contributed by atoms with Crippen LogP contribution in [0.2, 0.25) is 0 Å². The van der Waals surface area contributed by atoms with Crippen molar-refractivity contribution < 1.29 is 13.2 Å². The lowest BCUT2D eigenvalue weighted by atomic mass is 9.86. The average molecular weight is 279 g/mol. The van der Waals surface area contributed by atoms with Gasteiger partial charge in [-0.05, 0) is 54.4 Å². The Balaban J connectivity index is 1.53. The van der Waals surface area contributed by atoms with E-state index in [1.54, 1.807) is 12.1 Å². The summed E-state index contributed by atoms with van der Waals surface area (Å²) in [7, 11) is 0. The Morgan fingerprint density at radius 2 is 1.45 bits per heavy atom. The third-order valence-corrected chi connectivity index (χ3v) is 5.22. The molecule has 106 valence electrons. The van der Waals surface area contributed by atoms with Crippen LogP contribution in [0.5, 0.6) is 0 Å². The Kier molecular flexibility index (Phi) is 2.48. The van der Waals surface area contributed by atoms with Crippen LogP contribution < -0.4 is 4.90 Å². The molecule has 1 aliphatic heterocycles. The van der Waals surface area contributed by atoms with Gasteiger partial charge in [-0.25, -0.2) is 0 Å². The molecule has 20 heavy (non-hydrogen) atoms. The summed E-state index contributed by atoms with van der Waals surface area (Å²) in [6.45, 7) is 1.98. The Hall–Kier alpha value is -1.45. The molecule has 1 aromatic rings. The fraction of sp³-hybridized carbons (Fsp3) is 0.500. The smallest absolute Gasteiger partial charge is 0.371 e. The van der Waals surface area contributed by atoms with Crippen molar-refractivity contribution in [2.45, 2.75) is 12.6 Å². The van der Waals surface area contributed by atoms with Crippen LogP contribution in [0, 0.1) is 23.7 Å². The molecular formula is C16H16F3N. The largest absolute Gasteiger partial charge is 0.416 e. The number of nitrogens with zero attached hydrogens (tertiary/aromatic N) is 1. The summed E-state index contributed by atoms with van der Waals surface area (Å²) in [5.41, 5.74) is 0.356. The molecule has 4 atom stereocenters. The minimum absolute atomic E-state index is 0.567. The summed E-state index contributed by atoms with van der Waals surface area (Å²) in [6, 6.07) is 5.60. The molecule has 2 bridgehead atoms. The molecule has 4 heteroatoms. The van der Waals surface area contributed by atoms with Gasteiger partial charge in [-0.3, -0.25) is 0 Å². The van der Waals surface area contributed by atoms with E-state index in [2.05, 4.69) is 17.1 Å². The predicted octanol–water partition coefficient (Wildman–Crippen LogP) is 3.96. The lowest BCUT2D eigenvalue weighted by molar-refractivity contribution is -0.137. The van der Waals surface area contributed by atoms with E-state index in [-0.39, 0.29) is 0 Å². The van der Waals surface area contributed by atoms with Crippen molar-refractivity contribution in [2.75, 3.05) is 18.0 Å². The predicted molar refractivity (Wildman–Crippen MR) is 71.4 cm³/mol. The molecule has 0 radical (unpaired) electrons. The Bertz CT molecular complexity index is 526. The van der Waals surface area contributed by atoms with Gasteiger partial charge in [-0.15, -0.1) is 0 Å². The molecule has 0 unspecified atom stereocenters. The van der Waals surface area contributed by atoms with Gasteiger partial charge in [0, 0.05) is 18.8 Å². The first kappa shape index (κ1) is 12.3. The van der Waals surface area contributed by atoms with E-state index in [1.807, 2.05) is 0 Å². The highest BCUT2D eigenvalue weighted by Crippen LogP contribution is 2.51. The minimum Gasteiger partial charge on any atom is -0.371 e. The second-order valence-electron chi connectivity index (χ2n) is 6.23. The number of hydrogen-bond donors (Lipinski definition) is 0. The molecule has 2 aliphatic carbocycles. The third-order valence-electron chi connectivity index (χ3n) is 5.22. The Morgan fingerprint density at radius 3 is 1.95 bits per heavy atom. The molecule has 0 amide bonds. The molecule has 1 nitrogen and oxygen atoms in total. The number of allylic oxidation sites excluding steroid dienone is 2. The molecule has 1 heterocycles. The highest BCUT2D eigenvalue weighted by Gasteiger charge is 2.49. The zero-order valence-electron chi connectivity index (χ0n) is 11.0. The highest BCUT2D eigenvalue weighted by atomic mass is 19.4. The standard InChI is InChI=1S/C16H16F3N/c17-16(18,19)12-3-5-13(6-4-12)20-8-14-10-1-2-11(7-10)15(14)9-20/h1-6,10-11,14-15H,7-9H2/t10-,11+,14-,15+. The second kappa shape index (κ2) is 4.03. The number of halogens is 3. The molecule has 2 fully saturated rings. The van der Waals surface area contributed by atoms with E-state index >= 15 is 0 Å². The topological polar surface area (TPSA) is 3.24 Å². The fourth-order valence-electron chi connectivity index (χ4n) is 4.22. The molecule has 0 N–H and O–H groups in total. The minimum atomic E-state index is -4.25. The zero-order valence-corrected chi connectivity index (χ0v) is 11.0. The number of alkyl halides is 3. The molecule has 0 aromatic heterocycles. The van der Waals surface area contributed by atoms with Crippen LogP contribution >= 0.6 is 0 Å². The number of anilines is 1. The van der Waals surface area contributed by atoms with E-state index in [9.17, 15) is 13.2 Å². The van der Waals surface area contributed by atoms with Crippen LogP contribution in [0.15, 0.2) is 36.4 Å². The molecule has 1 aromatic carbocycles. The third kappa shape index (κ3) is 1.77.